The summed E-state index contributed by atoms with van der Waals surface area (Å²) in [5, 5.41) is 3.82. The lowest BCUT2D eigenvalue weighted by Gasteiger charge is -2.36. The Hall–Kier alpha value is -3.57. The summed E-state index contributed by atoms with van der Waals surface area (Å²) < 4.78 is 29.5. The molecule has 1 fully saturated rings. The molecule has 1 saturated heterocycles. The van der Waals surface area contributed by atoms with Gasteiger partial charge in [0.1, 0.15) is 11.6 Å². The molecule has 5 rings (SSSR count). The second-order valence-corrected chi connectivity index (χ2v) is 12.6. The second kappa shape index (κ2) is 9.38. The van der Waals surface area contributed by atoms with E-state index in [1.165, 1.54) is 6.07 Å². The van der Waals surface area contributed by atoms with Crippen molar-refractivity contribution in [1.29, 1.82) is 0 Å². The van der Waals surface area contributed by atoms with E-state index in [4.69, 9.17) is 0 Å². The average molecular weight is 537 g/mol. The number of hydrogen-bond acceptors (Lipinski definition) is 9. The van der Waals surface area contributed by atoms with E-state index in [2.05, 4.69) is 50.7 Å². The Kier molecular flexibility index (Phi) is 6.36. The van der Waals surface area contributed by atoms with Crippen LogP contribution >= 0.6 is 11.3 Å². The van der Waals surface area contributed by atoms with Crippen LogP contribution in [0, 0.1) is 12.8 Å². The summed E-state index contributed by atoms with van der Waals surface area (Å²) in [6.07, 6.45) is 2.57. The first kappa shape index (κ1) is 25.1. The maximum absolute atomic E-state index is 13.2. The second-order valence-electron chi connectivity index (χ2n) is 9.71. The zero-order chi connectivity index (χ0) is 26.4. The number of thiazole rings is 1. The minimum atomic E-state index is -4.24. The topological polar surface area (TPSA) is 117 Å². The van der Waals surface area contributed by atoms with Crippen LogP contribution in [-0.4, -0.2) is 41.4 Å². The number of amides is 1. The highest BCUT2D eigenvalue weighted by Crippen LogP contribution is 2.38. The molecule has 0 bridgehead atoms. The highest BCUT2D eigenvalue weighted by molar-refractivity contribution is 7.90. The van der Waals surface area contributed by atoms with E-state index in [9.17, 15) is 13.2 Å². The van der Waals surface area contributed by atoms with Gasteiger partial charge in [0.15, 0.2) is 5.03 Å². The Balaban J connectivity index is 1.37. The first-order valence-electron chi connectivity index (χ1n) is 12.0. The third kappa shape index (κ3) is 4.88. The number of anilines is 3. The first-order chi connectivity index (χ1) is 17.5. The Bertz CT molecular complexity index is 1600. The van der Waals surface area contributed by atoms with Crippen LogP contribution in [0.25, 0.3) is 10.2 Å². The third-order valence-electron chi connectivity index (χ3n) is 6.97. The minimum absolute atomic E-state index is 0.203. The Morgan fingerprint density at radius 2 is 1.95 bits per heavy atom. The van der Waals surface area contributed by atoms with Crippen LogP contribution in [-0.2, 0) is 10.0 Å². The van der Waals surface area contributed by atoms with Crippen LogP contribution in [0.5, 0.6) is 0 Å². The Morgan fingerprint density at radius 3 is 2.70 bits per heavy atom. The van der Waals surface area contributed by atoms with Crippen LogP contribution in [0.15, 0.2) is 59.8 Å². The van der Waals surface area contributed by atoms with Crippen molar-refractivity contribution in [3.05, 3.63) is 65.3 Å². The zero-order valence-electron chi connectivity index (χ0n) is 21.0. The van der Waals surface area contributed by atoms with Crippen molar-refractivity contribution in [3.63, 3.8) is 0 Å². The number of carbonyl (C=O) groups is 1. The standard InChI is InChI=1S/C26H28N6O3S2/c1-16-12-14-32(26(16,3)4)24-19(7-6-13-27-24)25(33)31-37(34,35)23-9-5-8-22(30-23)29-18-10-11-21-20(15-18)28-17(2)36-21/h5-11,13,15-16H,12,14H2,1-4H3,(H,29,30)(H,31,33). The van der Waals surface area contributed by atoms with E-state index >= 15 is 0 Å². The first-order valence-corrected chi connectivity index (χ1v) is 14.3. The van der Waals surface area contributed by atoms with Gasteiger partial charge in [0.05, 0.1) is 20.8 Å². The molecule has 37 heavy (non-hydrogen) atoms. The minimum Gasteiger partial charge on any atom is -0.351 e. The quantitative estimate of drug-likeness (QED) is 0.358. The van der Waals surface area contributed by atoms with E-state index in [0.29, 0.717) is 17.6 Å². The number of carbonyl (C=O) groups excluding carboxylic acids is 1. The molecule has 11 heteroatoms. The summed E-state index contributed by atoms with van der Waals surface area (Å²) in [4.78, 5) is 28.4. The molecule has 1 aliphatic heterocycles. The van der Waals surface area contributed by atoms with Crippen molar-refractivity contribution >= 4 is 54.8 Å². The summed E-state index contributed by atoms with van der Waals surface area (Å²) in [6, 6.07) is 13.5. The van der Waals surface area contributed by atoms with Gasteiger partial charge in [-0.05, 0) is 75.6 Å². The maximum Gasteiger partial charge on any atom is 0.281 e. The number of benzene rings is 1. The molecule has 1 amide bonds. The van der Waals surface area contributed by atoms with E-state index < -0.39 is 15.9 Å². The molecular weight excluding hydrogens is 508 g/mol. The summed E-state index contributed by atoms with van der Waals surface area (Å²) >= 11 is 1.60. The number of aromatic nitrogens is 3. The molecular formula is C26H28N6O3S2. The number of pyridine rings is 2. The number of hydrogen-bond donors (Lipinski definition) is 2. The molecule has 0 saturated carbocycles. The Labute approximate surface area is 220 Å². The highest BCUT2D eigenvalue weighted by Gasteiger charge is 2.40. The van der Waals surface area contributed by atoms with Crippen LogP contribution in [0.2, 0.25) is 0 Å². The maximum atomic E-state index is 13.2. The number of nitrogens with zero attached hydrogens (tertiary/aromatic N) is 4. The van der Waals surface area contributed by atoms with Crippen molar-refractivity contribution in [2.24, 2.45) is 5.92 Å². The molecule has 3 aromatic heterocycles. The monoisotopic (exact) mass is 536 g/mol. The number of sulfonamides is 1. The summed E-state index contributed by atoms with van der Waals surface area (Å²) in [5.74, 6) is 0.453. The lowest BCUT2D eigenvalue weighted by molar-refractivity contribution is 0.0981. The molecule has 2 N–H and O–H groups in total. The van der Waals surface area contributed by atoms with Crippen LogP contribution in [0.4, 0.5) is 17.3 Å². The van der Waals surface area contributed by atoms with Crippen LogP contribution in [0.1, 0.15) is 42.6 Å². The molecule has 1 aromatic carbocycles. The van der Waals surface area contributed by atoms with Crippen molar-refractivity contribution in [1.82, 2.24) is 19.7 Å². The fourth-order valence-electron chi connectivity index (χ4n) is 4.53. The summed E-state index contributed by atoms with van der Waals surface area (Å²) in [5.41, 5.74) is 1.57. The highest BCUT2D eigenvalue weighted by atomic mass is 32.2. The van der Waals surface area contributed by atoms with Gasteiger partial charge >= 0.3 is 0 Å². The van der Waals surface area contributed by atoms with Gasteiger partial charge in [-0.25, -0.2) is 19.7 Å². The van der Waals surface area contributed by atoms with E-state index in [1.54, 1.807) is 41.8 Å². The van der Waals surface area contributed by atoms with Gasteiger partial charge in [-0.2, -0.15) is 8.42 Å². The zero-order valence-corrected chi connectivity index (χ0v) is 22.7. The van der Waals surface area contributed by atoms with Crippen molar-refractivity contribution in [3.8, 4) is 0 Å². The van der Waals surface area contributed by atoms with Gasteiger partial charge in [-0.1, -0.05) is 13.0 Å². The smallest absolute Gasteiger partial charge is 0.281 e. The number of fused-ring (bicyclic) bond motifs is 1. The Morgan fingerprint density at radius 1 is 1.14 bits per heavy atom. The SMILES string of the molecule is Cc1nc2cc(Nc3cccc(S(=O)(=O)NC(=O)c4cccnc4N4CCC(C)C4(C)C)n3)ccc2s1. The van der Waals surface area contributed by atoms with Crippen molar-refractivity contribution in [2.45, 2.75) is 44.7 Å². The molecule has 0 radical (unpaired) electrons. The predicted octanol–water partition coefficient (Wildman–Crippen LogP) is 4.88. The van der Waals surface area contributed by atoms with Gasteiger partial charge in [0, 0.05) is 24.0 Å². The largest absolute Gasteiger partial charge is 0.351 e. The summed E-state index contributed by atoms with van der Waals surface area (Å²) in [7, 11) is -4.24. The van der Waals surface area contributed by atoms with E-state index in [0.717, 1.165) is 33.9 Å². The van der Waals surface area contributed by atoms with E-state index in [1.807, 2.05) is 25.1 Å². The van der Waals surface area contributed by atoms with E-state index in [-0.39, 0.29) is 16.1 Å². The third-order valence-corrected chi connectivity index (χ3v) is 9.15. The number of rotatable bonds is 6. The average Bonchev–Trinajstić information content (AvgIpc) is 3.35. The van der Waals surface area contributed by atoms with Gasteiger partial charge in [0.25, 0.3) is 15.9 Å². The fraction of sp³-hybridized carbons (Fsp3) is 0.308. The van der Waals surface area contributed by atoms with Gasteiger partial charge in [0.2, 0.25) is 0 Å². The lowest BCUT2D eigenvalue weighted by atomic mass is 9.90. The number of nitrogens with one attached hydrogen (secondary N) is 2. The summed E-state index contributed by atoms with van der Waals surface area (Å²) in [6.45, 7) is 9.06. The van der Waals surface area contributed by atoms with Gasteiger partial charge in [-0.15, -0.1) is 11.3 Å². The molecule has 0 aliphatic carbocycles. The van der Waals surface area contributed by atoms with Crippen LogP contribution < -0.4 is 14.9 Å². The molecule has 1 aliphatic rings. The molecule has 9 nitrogen and oxygen atoms in total. The molecule has 4 aromatic rings. The van der Waals surface area contributed by atoms with Crippen molar-refractivity contribution in [2.75, 3.05) is 16.8 Å². The van der Waals surface area contributed by atoms with Gasteiger partial charge < -0.3 is 10.2 Å². The molecule has 1 atom stereocenters. The fourth-order valence-corrected chi connectivity index (χ4v) is 6.27. The van der Waals surface area contributed by atoms with Gasteiger partial charge in [-0.3, -0.25) is 4.79 Å². The lowest BCUT2D eigenvalue weighted by Crippen LogP contribution is -2.43. The molecule has 0 spiro atoms. The van der Waals surface area contributed by atoms with Crippen molar-refractivity contribution < 1.29 is 13.2 Å². The molecule has 4 heterocycles. The normalized spacial score (nSPS) is 17.2. The predicted molar refractivity (Wildman–Crippen MR) is 146 cm³/mol. The van der Waals surface area contributed by atoms with Crippen LogP contribution in [0.3, 0.4) is 0 Å². The molecule has 1 unspecified atom stereocenters. The molecule has 192 valence electrons. The number of aryl methyl sites for hydroxylation is 1.